The summed E-state index contributed by atoms with van der Waals surface area (Å²) < 4.78 is 0. The molecular formula is C12H22N2O2. The monoisotopic (exact) mass is 226 g/mol. The van der Waals surface area contributed by atoms with E-state index < -0.39 is 17.5 Å². The molecule has 92 valence electrons. The van der Waals surface area contributed by atoms with Gasteiger partial charge in [0.25, 0.3) is 0 Å². The second-order valence-electron chi connectivity index (χ2n) is 4.95. The number of hydrogen-bond acceptors (Lipinski definition) is 4. The normalized spacial score (nSPS) is 23.5. The van der Waals surface area contributed by atoms with Crippen molar-refractivity contribution in [2.24, 2.45) is 16.9 Å². The Kier molecular flexibility index (Phi) is 4.21. The average Bonchev–Trinajstić information content (AvgIpc) is 2.27. The van der Waals surface area contributed by atoms with E-state index in [1.54, 1.807) is 13.8 Å². The Balaban J connectivity index is 3.01. The van der Waals surface area contributed by atoms with Crippen LogP contribution in [0.1, 0.15) is 46.0 Å². The van der Waals surface area contributed by atoms with Crippen molar-refractivity contribution >= 4 is 11.6 Å². The average molecular weight is 226 g/mol. The first kappa shape index (κ1) is 13.3. The van der Waals surface area contributed by atoms with Crippen molar-refractivity contribution < 1.29 is 9.59 Å². The maximum Gasteiger partial charge on any atom is 0.162 e. The predicted octanol–water partition coefficient (Wildman–Crippen LogP) is 0.769. The highest BCUT2D eigenvalue weighted by molar-refractivity contribution is 6.10. The molecule has 0 aromatic rings. The SMILES string of the molecule is C[C@H](N)C(=O)C1(C(=O)[C@H](C)N)CCCCC1. The maximum atomic E-state index is 12.2. The summed E-state index contributed by atoms with van der Waals surface area (Å²) in [7, 11) is 0. The zero-order valence-electron chi connectivity index (χ0n) is 10.2. The minimum absolute atomic E-state index is 0.130. The van der Waals surface area contributed by atoms with E-state index in [1.807, 2.05) is 0 Å². The van der Waals surface area contributed by atoms with Crippen molar-refractivity contribution in [3.63, 3.8) is 0 Å². The summed E-state index contributed by atoms with van der Waals surface area (Å²) in [6.07, 6.45) is 4.15. The van der Waals surface area contributed by atoms with Gasteiger partial charge in [0.1, 0.15) is 0 Å². The van der Waals surface area contributed by atoms with Crippen LogP contribution in [0.2, 0.25) is 0 Å². The van der Waals surface area contributed by atoms with E-state index in [1.165, 1.54) is 0 Å². The number of ketones is 2. The van der Waals surface area contributed by atoms with Gasteiger partial charge in [0.2, 0.25) is 0 Å². The van der Waals surface area contributed by atoms with Gasteiger partial charge in [0.05, 0.1) is 17.5 Å². The molecule has 0 aliphatic heterocycles. The lowest BCUT2D eigenvalue weighted by Gasteiger charge is -2.36. The van der Waals surface area contributed by atoms with E-state index in [2.05, 4.69) is 0 Å². The number of Topliss-reactive ketones (excluding diaryl/α,β-unsaturated/α-hetero) is 2. The fourth-order valence-corrected chi connectivity index (χ4v) is 2.64. The number of carbonyl (C=O) groups is 2. The molecule has 0 heterocycles. The molecule has 0 aromatic heterocycles. The first-order valence-corrected chi connectivity index (χ1v) is 6.01. The molecule has 0 saturated heterocycles. The molecule has 0 unspecified atom stereocenters. The molecule has 0 amide bonds. The summed E-state index contributed by atoms with van der Waals surface area (Å²) in [5, 5.41) is 0. The van der Waals surface area contributed by atoms with Crippen molar-refractivity contribution in [3.8, 4) is 0 Å². The lowest BCUT2D eigenvalue weighted by Crippen LogP contribution is -2.52. The molecule has 1 aliphatic carbocycles. The van der Waals surface area contributed by atoms with Gasteiger partial charge < -0.3 is 11.5 Å². The lowest BCUT2D eigenvalue weighted by molar-refractivity contribution is -0.144. The maximum absolute atomic E-state index is 12.2. The smallest absolute Gasteiger partial charge is 0.162 e. The van der Waals surface area contributed by atoms with Crippen LogP contribution in [0.15, 0.2) is 0 Å². The van der Waals surface area contributed by atoms with Crippen LogP contribution in [0, 0.1) is 5.41 Å². The van der Waals surface area contributed by atoms with Gasteiger partial charge >= 0.3 is 0 Å². The third-order valence-corrected chi connectivity index (χ3v) is 3.48. The van der Waals surface area contributed by atoms with Crippen molar-refractivity contribution in [1.29, 1.82) is 0 Å². The molecule has 16 heavy (non-hydrogen) atoms. The zero-order valence-corrected chi connectivity index (χ0v) is 10.2. The third-order valence-electron chi connectivity index (χ3n) is 3.48. The van der Waals surface area contributed by atoms with Crippen molar-refractivity contribution in [1.82, 2.24) is 0 Å². The molecule has 0 aromatic carbocycles. The number of carbonyl (C=O) groups excluding carboxylic acids is 2. The first-order valence-electron chi connectivity index (χ1n) is 6.01. The zero-order chi connectivity index (χ0) is 12.3. The second-order valence-corrected chi connectivity index (χ2v) is 4.95. The fourth-order valence-electron chi connectivity index (χ4n) is 2.64. The van der Waals surface area contributed by atoms with Gasteiger partial charge in [-0.2, -0.15) is 0 Å². The summed E-state index contributed by atoms with van der Waals surface area (Å²) in [5.41, 5.74) is 10.4. The van der Waals surface area contributed by atoms with E-state index in [4.69, 9.17) is 11.5 Å². The quantitative estimate of drug-likeness (QED) is 0.693. The molecule has 0 spiro atoms. The molecule has 4 heteroatoms. The molecular weight excluding hydrogens is 204 g/mol. The summed E-state index contributed by atoms with van der Waals surface area (Å²) in [6.45, 7) is 3.29. The predicted molar refractivity (Wildman–Crippen MR) is 62.8 cm³/mol. The van der Waals surface area contributed by atoms with E-state index in [9.17, 15) is 9.59 Å². The van der Waals surface area contributed by atoms with E-state index in [0.29, 0.717) is 12.8 Å². The molecule has 1 saturated carbocycles. The fraction of sp³-hybridized carbons (Fsp3) is 0.833. The van der Waals surface area contributed by atoms with Crippen LogP contribution in [0.3, 0.4) is 0 Å². The van der Waals surface area contributed by atoms with E-state index >= 15 is 0 Å². The lowest BCUT2D eigenvalue weighted by atomic mass is 9.65. The molecule has 0 radical (unpaired) electrons. The Labute approximate surface area is 96.8 Å². The van der Waals surface area contributed by atoms with Gasteiger partial charge in [0, 0.05) is 0 Å². The van der Waals surface area contributed by atoms with Crippen molar-refractivity contribution in [2.45, 2.75) is 58.0 Å². The summed E-state index contributed by atoms with van der Waals surface area (Å²) in [6, 6.07) is -1.17. The van der Waals surface area contributed by atoms with Crippen LogP contribution < -0.4 is 11.5 Å². The largest absolute Gasteiger partial charge is 0.322 e. The van der Waals surface area contributed by atoms with E-state index in [-0.39, 0.29) is 11.6 Å². The molecule has 1 fully saturated rings. The Bertz CT molecular complexity index is 257. The van der Waals surface area contributed by atoms with Gasteiger partial charge in [-0.15, -0.1) is 0 Å². The van der Waals surface area contributed by atoms with Crippen LogP contribution in [0.4, 0.5) is 0 Å². The Morgan fingerprint density at radius 2 is 1.31 bits per heavy atom. The van der Waals surface area contributed by atoms with Gasteiger partial charge in [-0.1, -0.05) is 19.3 Å². The Morgan fingerprint density at radius 3 is 1.62 bits per heavy atom. The minimum Gasteiger partial charge on any atom is -0.322 e. The molecule has 2 atom stereocenters. The van der Waals surface area contributed by atoms with Crippen molar-refractivity contribution in [3.05, 3.63) is 0 Å². The molecule has 0 bridgehead atoms. The van der Waals surface area contributed by atoms with E-state index in [0.717, 1.165) is 19.3 Å². The highest BCUT2D eigenvalue weighted by Crippen LogP contribution is 2.39. The number of rotatable bonds is 4. The molecule has 1 rings (SSSR count). The first-order chi connectivity index (χ1) is 7.42. The second kappa shape index (κ2) is 5.06. The summed E-state index contributed by atoms with van der Waals surface area (Å²) in [5.74, 6) is -0.260. The van der Waals surface area contributed by atoms with Gasteiger partial charge in [-0.25, -0.2) is 0 Å². The van der Waals surface area contributed by atoms with Crippen LogP contribution in [0.25, 0.3) is 0 Å². The highest BCUT2D eigenvalue weighted by Gasteiger charge is 2.47. The van der Waals surface area contributed by atoms with Crippen molar-refractivity contribution in [2.75, 3.05) is 0 Å². The summed E-state index contributed by atoms with van der Waals surface area (Å²) in [4.78, 5) is 24.3. The van der Waals surface area contributed by atoms with Gasteiger partial charge in [-0.3, -0.25) is 9.59 Å². The van der Waals surface area contributed by atoms with Crippen LogP contribution in [-0.2, 0) is 9.59 Å². The number of nitrogens with two attached hydrogens (primary N) is 2. The Morgan fingerprint density at radius 1 is 0.938 bits per heavy atom. The molecule has 1 aliphatic rings. The summed E-state index contributed by atoms with van der Waals surface area (Å²) >= 11 is 0. The molecule has 4 N–H and O–H groups in total. The van der Waals surface area contributed by atoms with Gasteiger partial charge in [0.15, 0.2) is 11.6 Å². The van der Waals surface area contributed by atoms with Gasteiger partial charge in [-0.05, 0) is 26.7 Å². The van der Waals surface area contributed by atoms with Crippen LogP contribution in [0.5, 0.6) is 0 Å². The van der Waals surface area contributed by atoms with Crippen LogP contribution in [-0.4, -0.2) is 23.7 Å². The Hall–Kier alpha value is -0.740. The standard InChI is InChI=1S/C12H22N2O2/c1-8(13)10(15)12(11(16)9(2)14)6-4-3-5-7-12/h8-9H,3-7,13-14H2,1-2H3/t8-,9-/m0/s1. The molecule has 4 nitrogen and oxygen atoms in total. The third kappa shape index (κ3) is 2.33. The minimum atomic E-state index is -0.888. The highest BCUT2D eigenvalue weighted by atomic mass is 16.2. The topological polar surface area (TPSA) is 86.2 Å². The van der Waals surface area contributed by atoms with Crippen LogP contribution >= 0.6 is 0 Å². The number of hydrogen-bond donors (Lipinski definition) is 2.